The van der Waals surface area contributed by atoms with Gasteiger partial charge in [-0.05, 0) is 23.3 Å². The second-order valence-corrected chi connectivity index (χ2v) is 6.04. The van der Waals surface area contributed by atoms with Crippen molar-refractivity contribution in [2.45, 2.75) is 12.1 Å². The largest absolute Gasteiger partial charge is 0.465 e. The summed E-state index contributed by atoms with van der Waals surface area (Å²) >= 11 is 5.92. The number of rotatable bonds is 3. The maximum atomic E-state index is 6.18. The Bertz CT molecular complexity index is 848. The van der Waals surface area contributed by atoms with E-state index in [1.165, 1.54) is 0 Å². The van der Waals surface area contributed by atoms with Crippen LogP contribution in [0.5, 0.6) is 0 Å². The van der Waals surface area contributed by atoms with Crippen molar-refractivity contribution in [3.63, 3.8) is 0 Å². The fourth-order valence-corrected chi connectivity index (χ4v) is 2.94. The molecule has 1 aromatic heterocycles. The van der Waals surface area contributed by atoms with Gasteiger partial charge < -0.3 is 4.74 Å². The predicted molar refractivity (Wildman–Crippen MR) is 95.2 cm³/mol. The number of ether oxygens (including phenoxy) is 1. The van der Waals surface area contributed by atoms with Crippen LogP contribution < -0.4 is 0 Å². The second-order valence-electron chi connectivity index (χ2n) is 5.60. The molecule has 2 atom stereocenters. The lowest BCUT2D eigenvalue weighted by atomic mass is 9.97. The zero-order valence-electron chi connectivity index (χ0n) is 12.8. The Balaban J connectivity index is 1.74. The highest BCUT2D eigenvalue weighted by Gasteiger charge is 2.34. The molecule has 118 valence electrons. The number of aromatic nitrogens is 1. The molecular weight excluding hydrogens is 320 g/mol. The Morgan fingerprint density at radius 3 is 2.08 bits per heavy atom. The quantitative estimate of drug-likeness (QED) is 0.676. The van der Waals surface area contributed by atoms with E-state index in [0.717, 1.165) is 11.1 Å². The fourth-order valence-electron chi connectivity index (χ4n) is 2.83. The summed E-state index contributed by atoms with van der Waals surface area (Å²) in [6.07, 6.45) is 1.44. The van der Waals surface area contributed by atoms with E-state index >= 15 is 0 Å². The molecule has 0 fully saturated rings. The van der Waals surface area contributed by atoms with E-state index in [0.29, 0.717) is 16.6 Å². The van der Waals surface area contributed by atoms with Crippen molar-refractivity contribution in [3.8, 4) is 0 Å². The average Bonchev–Trinajstić information content (AvgIpc) is 3.09. The van der Waals surface area contributed by atoms with Gasteiger partial charge in [0.2, 0.25) is 5.90 Å². The third kappa shape index (κ3) is 2.91. The van der Waals surface area contributed by atoms with Gasteiger partial charge in [-0.25, -0.2) is 9.98 Å². The molecule has 0 aliphatic carbocycles. The van der Waals surface area contributed by atoms with E-state index in [1.54, 1.807) is 12.3 Å². The van der Waals surface area contributed by atoms with Gasteiger partial charge >= 0.3 is 0 Å². The molecule has 0 saturated heterocycles. The van der Waals surface area contributed by atoms with Crippen molar-refractivity contribution in [3.05, 3.63) is 101 Å². The van der Waals surface area contributed by atoms with Crippen LogP contribution in [0.4, 0.5) is 0 Å². The maximum absolute atomic E-state index is 6.18. The van der Waals surface area contributed by atoms with Crippen LogP contribution in [0.25, 0.3) is 0 Å². The minimum atomic E-state index is -0.166. The molecule has 0 bridgehead atoms. The van der Waals surface area contributed by atoms with E-state index in [1.807, 2.05) is 42.5 Å². The Hall–Kier alpha value is -2.65. The van der Waals surface area contributed by atoms with Gasteiger partial charge in [0, 0.05) is 6.20 Å². The number of aliphatic imine (C=N–C) groups is 1. The van der Waals surface area contributed by atoms with Gasteiger partial charge in [0.25, 0.3) is 0 Å². The third-order valence-corrected chi connectivity index (χ3v) is 4.22. The first kappa shape index (κ1) is 14.9. The summed E-state index contributed by atoms with van der Waals surface area (Å²) in [5.74, 6) is 0.550. The molecule has 3 aromatic rings. The number of hydrogen-bond acceptors (Lipinski definition) is 3. The summed E-state index contributed by atoms with van der Waals surface area (Å²) in [6.45, 7) is 0. The van der Waals surface area contributed by atoms with Crippen molar-refractivity contribution >= 4 is 17.5 Å². The van der Waals surface area contributed by atoms with Crippen LogP contribution >= 0.6 is 11.6 Å². The van der Waals surface area contributed by atoms with Gasteiger partial charge in [0.15, 0.2) is 6.10 Å². The predicted octanol–water partition coefficient (Wildman–Crippen LogP) is 4.99. The van der Waals surface area contributed by atoms with E-state index in [2.05, 4.69) is 29.2 Å². The van der Waals surface area contributed by atoms with Crippen molar-refractivity contribution in [1.82, 2.24) is 4.98 Å². The van der Waals surface area contributed by atoms with Crippen LogP contribution in [0.3, 0.4) is 0 Å². The van der Waals surface area contributed by atoms with Crippen LogP contribution in [0.2, 0.25) is 5.02 Å². The first-order valence-electron chi connectivity index (χ1n) is 7.77. The number of nitrogens with zero attached hydrogens (tertiary/aromatic N) is 2. The summed E-state index contributed by atoms with van der Waals surface area (Å²) in [7, 11) is 0. The molecule has 0 unspecified atom stereocenters. The molecule has 2 heterocycles. The minimum Gasteiger partial charge on any atom is -0.465 e. The minimum absolute atomic E-state index is 0.0962. The van der Waals surface area contributed by atoms with E-state index in [-0.39, 0.29) is 12.1 Å². The lowest BCUT2D eigenvalue weighted by molar-refractivity contribution is 0.196. The van der Waals surface area contributed by atoms with E-state index in [9.17, 15) is 0 Å². The topological polar surface area (TPSA) is 34.5 Å². The molecule has 3 nitrogen and oxygen atoms in total. The number of hydrogen-bond donors (Lipinski definition) is 0. The number of pyridine rings is 1. The van der Waals surface area contributed by atoms with Crippen LogP contribution in [-0.4, -0.2) is 10.9 Å². The highest BCUT2D eigenvalue weighted by Crippen LogP contribution is 2.40. The SMILES string of the molecule is Clc1ccc(C2=N[C@H](c3ccccc3)[C@H](c3ccccc3)O2)nc1. The Morgan fingerprint density at radius 1 is 0.792 bits per heavy atom. The molecule has 2 aromatic carbocycles. The molecule has 0 radical (unpaired) electrons. The van der Waals surface area contributed by atoms with E-state index in [4.69, 9.17) is 21.3 Å². The highest BCUT2D eigenvalue weighted by molar-refractivity contribution is 6.30. The van der Waals surface area contributed by atoms with Crippen molar-refractivity contribution in [2.75, 3.05) is 0 Å². The molecular formula is C20H15ClN2O. The van der Waals surface area contributed by atoms with Gasteiger partial charge in [-0.15, -0.1) is 0 Å². The fraction of sp³-hybridized carbons (Fsp3) is 0.100. The Kier molecular flexibility index (Phi) is 4.01. The van der Waals surface area contributed by atoms with Crippen molar-refractivity contribution < 1.29 is 4.74 Å². The maximum Gasteiger partial charge on any atom is 0.236 e. The molecule has 1 aliphatic heterocycles. The molecule has 0 N–H and O–H groups in total. The summed E-state index contributed by atoms with van der Waals surface area (Å²) in [4.78, 5) is 9.13. The number of halogens is 1. The smallest absolute Gasteiger partial charge is 0.236 e. The molecule has 4 rings (SSSR count). The molecule has 4 heteroatoms. The Morgan fingerprint density at radius 2 is 1.46 bits per heavy atom. The third-order valence-electron chi connectivity index (χ3n) is 4.00. The second kappa shape index (κ2) is 6.46. The summed E-state index contributed by atoms with van der Waals surface area (Å²) < 4.78 is 6.18. The molecule has 24 heavy (non-hydrogen) atoms. The summed E-state index contributed by atoms with van der Waals surface area (Å²) in [6, 6.07) is 23.9. The summed E-state index contributed by atoms with van der Waals surface area (Å²) in [5.41, 5.74) is 2.91. The van der Waals surface area contributed by atoms with Gasteiger partial charge in [0.1, 0.15) is 11.7 Å². The van der Waals surface area contributed by atoms with Crippen LogP contribution in [-0.2, 0) is 4.74 Å². The zero-order chi connectivity index (χ0) is 16.4. The van der Waals surface area contributed by atoms with Gasteiger partial charge in [-0.3, -0.25) is 0 Å². The van der Waals surface area contributed by atoms with Crippen molar-refractivity contribution in [1.29, 1.82) is 0 Å². The molecule has 0 spiro atoms. The Labute approximate surface area is 145 Å². The highest BCUT2D eigenvalue weighted by atomic mass is 35.5. The van der Waals surface area contributed by atoms with Gasteiger partial charge in [-0.1, -0.05) is 72.3 Å². The standard InChI is InChI=1S/C20H15ClN2O/c21-16-11-12-17(22-13-16)20-23-18(14-7-3-1-4-8-14)19(24-20)15-9-5-2-6-10-15/h1-13,18-19H/t18-,19+/m1/s1. The van der Waals surface area contributed by atoms with Crippen molar-refractivity contribution in [2.24, 2.45) is 4.99 Å². The normalized spacial score (nSPS) is 19.6. The number of benzene rings is 2. The lowest BCUT2D eigenvalue weighted by Crippen LogP contribution is -2.09. The van der Waals surface area contributed by atoms with Crippen LogP contribution in [0, 0.1) is 0 Å². The van der Waals surface area contributed by atoms with Crippen LogP contribution in [0.1, 0.15) is 29.0 Å². The van der Waals surface area contributed by atoms with Crippen LogP contribution in [0.15, 0.2) is 84.0 Å². The van der Waals surface area contributed by atoms with E-state index < -0.39 is 0 Å². The zero-order valence-corrected chi connectivity index (χ0v) is 13.6. The molecule has 0 saturated carbocycles. The van der Waals surface area contributed by atoms with Gasteiger partial charge in [0.05, 0.1) is 5.02 Å². The first-order valence-corrected chi connectivity index (χ1v) is 8.15. The van der Waals surface area contributed by atoms with Gasteiger partial charge in [-0.2, -0.15) is 0 Å². The monoisotopic (exact) mass is 334 g/mol. The summed E-state index contributed by atoms with van der Waals surface area (Å²) in [5, 5.41) is 0.594. The molecule has 1 aliphatic rings. The average molecular weight is 335 g/mol. The first-order chi connectivity index (χ1) is 11.8. The lowest BCUT2D eigenvalue weighted by Gasteiger charge is -2.18. The molecule has 0 amide bonds.